The zero-order valence-electron chi connectivity index (χ0n) is 20.0. The van der Waals surface area contributed by atoms with Crippen LogP contribution < -0.4 is 20.2 Å². The predicted molar refractivity (Wildman–Crippen MR) is 147 cm³/mol. The topological polar surface area (TPSA) is 97.0 Å². The van der Waals surface area contributed by atoms with Gasteiger partial charge in [0.15, 0.2) is 22.4 Å². The van der Waals surface area contributed by atoms with Crippen molar-refractivity contribution in [3.05, 3.63) is 94.4 Å². The van der Waals surface area contributed by atoms with Gasteiger partial charge in [-0.3, -0.25) is 19.8 Å². The maximum absolute atomic E-state index is 12.9. The van der Waals surface area contributed by atoms with E-state index in [1.165, 1.54) is 7.11 Å². The van der Waals surface area contributed by atoms with Gasteiger partial charge in [-0.15, -0.1) is 0 Å². The molecule has 3 aromatic rings. The smallest absolute Gasteiger partial charge is 0.285 e. The molecule has 0 radical (unpaired) electrons. The Morgan fingerprint density at radius 3 is 2.49 bits per heavy atom. The van der Waals surface area contributed by atoms with Crippen LogP contribution in [0, 0.1) is 6.92 Å². The molecule has 10 heteroatoms. The summed E-state index contributed by atoms with van der Waals surface area (Å²) >= 11 is 6.37. The third-order valence-corrected chi connectivity index (χ3v) is 6.61. The highest BCUT2D eigenvalue weighted by molar-refractivity contribution is 8.26. The molecule has 4 rings (SSSR count). The zero-order chi connectivity index (χ0) is 26.4. The summed E-state index contributed by atoms with van der Waals surface area (Å²) in [5.41, 5.74) is 5.28. The van der Waals surface area contributed by atoms with Gasteiger partial charge in [0, 0.05) is 11.3 Å². The molecular weight excluding hydrogens is 510 g/mol. The molecule has 1 fully saturated rings. The molecule has 1 aliphatic rings. The Kier molecular flexibility index (Phi) is 8.22. The lowest BCUT2D eigenvalue weighted by atomic mass is 10.2. The molecule has 3 amide bonds. The van der Waals surface area contributed by atoms with Gasteiger partial charge in [0.05, 0.1) is 12.0 Å². The molecular formula is C27H23N3O5S2. The second-order valence-corrected chi connectivity index (χ2v) is 9.56. The fourth-order valence-electron chi connectivity index (χ4n) is 3.41. The van der Waals surface area contributed by atoms with Gasteiger partial charge in [0.1, 0.15) is 0 Å². The van der Waals surface area contributed by atoms with Gasteiger partial charge in [0.25, 0.3) is 17.7 Å². The normalized spacial score (nSPS) is 14.0. The van der Waals surface area contributed by atoms with Gasteiger partial charge in [-0.25, -0.2) is 0 Å². The van der Waals surface area contributed by atoms with E-state index in [4.69, 9.17) is 21.7 Å². The second kappa shape index (κ2) is 11.7. The molecule has 188 valence electrons. The number of thiocarbonyl (C=S) groups is 1. The number of carbonyl (C=O) groups is 3. The molecule has 0 bridgehead atoms. The van der Waals surface area contributed by atoms with Crippen molar-refractivity contribution in [1.82, 2.24) is 10.4 Å². The summed E-state index contributed by atoms with van der Waals surface area (Å²) in [7, 11) is 1.48. The monoisotopic (exact) mass is 533 g/mol. The van der Waals surface area contributed by atoms with E-state index in [0.717, 1.165) is 28.0 Å². The summed E-state index contributed by atoms with van der Waals surface area (Å²) in [4.78, 5) is 38.0. The van der Waals surface area contributed by atoms with Crippen LogP contribution in [0.4, 0.5) is 5.69 Å². The maximum atomic E-state index is 12.9. The number of hydrazine groups is 1. The van der Waals surface area contributed by atoms with Gasteiger partial charge >= 0.3 is 0 Å². The first-order chi connectivity index (χ1) is 17.9. The summed E-state index contributed by atoms with van der Waals surface area (Å²) in [6.07, 6.45) is 1.64. The SMILES string of the molecule is COc1cc(/C=C2\SC(=S)N(NC(=O)c3ccccc3)C2=O)ccc1OCC(=O)Nc1ccccc1C. The van der Waals surface area contributed by atoms with E-state index in [0.29, 0.717) is 27.5 Å². The van der Waals surface area contributed by atoms with Crippen molar-refractivity contribution < 1.29 is 23.9 Å². The number of aryl methyl sites for hydroxylation is 1. The van der Waals surface area contributed by atoms with Crippen LogP contribution in [0.3, 0.4) is 0 Å². The lowest BCUT2D eigenvalue weighted by Crippen LogP contribution is -2.44. The fraction of sp³-hybridized carbons (Fsp3) is 0.111. The summed E-state index contributed by atoms with van der Waals surface area (Å²) in [6.45, 7) is 1.70. The van der Waals surface area contributed by atoms with Gasteiger partial charge in [0.2, 0.25) is 0 Å². The molecule has 0 aliphatic carbocycles. The van der Waals surface area contributed by atoms with Crippen LogP contribution in [0.2, 0.25) is 0 Å². The van der Waals surface area contributed by atoms with Crippen molar-refractivity contribution in [3.8, 4) is 11.5 Å². The molecule has 1 saturated heterocycles. The fourth-order valence-corrected chi connectivity index (χ4v) is 4.59. The number of rotatable bonds is 8. The molecule has 0 saturated carbocycles. The largest absolute Gasteiger partial charge is 0.493 e. The Labute approximate surface area is 223 Å². The number of nitrogens with one attached hydrogen (secondary N) is 2. The Bertz CT molecular complexity index is 1390. The van der Waals surface area contributed by atoms with E-state index in [9.17, 15) is 14.4 Å². The quantitative estimate of drug-likeness (QED) is 0.324. The number of para-hydroxylation sites is 1. The minimum atomic E-state index is -0.438. The summed E-state index contributed by atoms with van der Waals surface area (Å²) in [6, 6.07) is 21.1. The van der Waals surface area contributed by atoms with Gasteiger partial charge < -0.3 is 14.8 Å². The number of hydrogen-bond acceptors (Lipinski definition) is 7. The van der Waals surface area contributed by atoms with E-state index in [2.05, 4.69) is 10.7 Å². The van der Waals surface area contributed by atoms with Crippen LogP contribution in [-0.4, -0.2) is 40.8 Å². The minimum absolute atomic E-state index is 0.205. The first-order valence-corrected chi connectivity index (χ1v) is 12.4. The molecule has 2 N–H and O–H groups in total. The van der Waals surface area contributed by atoms with E-state index in [1.54, 1.807) is 54.6 Å². The van der Waals surface area contributed by atoms with Crippen molar-refractivity contribution in [2.75, 3.05) is 19.0 Å². The Morgan fingerprint density at radius 2 is 1.76 bits per heavy atom. The first kappa shape index (κ1) is 25.9. The number of nitrogens with zero attached hydrogens (tertiary/aromatic N) is 1. The number of carbonyl (C=O) groups excluding carboxylic acids is 3. The Balaban J connectivity index is 1.41. The maximum Gasteiger partial charge on any atom is 0.285 e. The lowest BCUT2D eigenvalue weighted by molar-refractivity contribution is -0.123. The standard InChI is InChI=1S/C27H23N3O5S2/c1-17-8-6-7-11-20(17)28-24(31)16-35-21-13-12-18(14-22(21)34-2)15-23-26(33)30(27(36)37-23)29-25(32)19-9-4-3-5-10-19/h3-15H,16H2,1-2H3,(H,28,31)(H,29,32)/b23-15-. The van der Waals surface area contributed by atoms with Crippen LogP contribution in [0.1, 0.15) is 21.5 Å². The van der Waals surface area contributed by atoms with Crippen LogP contribution in [0.5, 0.6) is 11.5 Å². The number of hydrogen-bond donors (Lipinski definition) is 2. The third-order valence-electron chi connectivity index (χ3n) is 5.31. The molecule has 0 spiro atoms. The van der Waals surface area contributed by atoms with Crippen LogP contribution in [0.15, 0.2) is 77.7 Å². The van der Waals surface area contributed by atoms with E-state index in [1.807, 2.05) is 31.2 Å². The number of ether oxygens (including phenoxy) is 2. The zero-order valence-corrected chi connectivity index (χ0v) is 21.7. The Hall–Kier alpha value is -4.15. The minimum Gasteiger partial charge on any atom is -0.493 e. The average Bonchev–Trinajstić information content (AvgIpc) is 3.16. The van der Waals surface area contributed by atoms with Gasteiger partial charge in [-0.05, 0) is 66.7 Å². The predicted octanol–water partition coefficient (Wildman–Crippen LogP) is 4.57. The van der Waals surface area contributed by atoms with Crippen molar-refractivity contribution >= 4 is 57.8 Å². The van der Waals surface area contributed by atoms with Crippen molar-refractivity contribution in [3.63, 3.8) is 0 Å². The summed E-state index contributed by atoms with van der Waals surface area (Å²) in [5.74, 6) is -0.409. The van der Waals surface area contributed by atoms with Gasteiger partial charge in [-0.2, -0.15) is 5.01 Å². The number of methoxy groups -OCH3 is 1. The molecule has 1 aliphatic heterocycles. The Morgan fingerprint density at radius 1 is 1.03 bits per heavy atom. The van der Waals surface area contributed by atoms with E-state index in [-0.39, 0.29) is 16.8 Å². The number of benzene rings is 3. The van der Waals surface area contributed by atoms with Crippen molar-refractivity contribution in [1.29, 1.82) is 0 Å². The van der Waals surface area contributed by atoms with Crippen LogP contribution in [-0.2, 0) is 9.59 Å². The number of amides is 3. The molecule has 3 aromatic carbocycles. The van der Waals surface area contributed by atoms with Crippen LogP contribution >= 0.6 is 24.0 Å². The molecule has 8 nitrogen and oxygen atoms in total. The molecule has 37 heavy (non-hydrogen) atoms. The van der Waals surface area contributed by atoms with E-state index >= 15 is 0 Å². The highest BCUT2D eigenvalue weighted by Gasteiger charge is 2.33. The third kappa shape index (κ3) is 6.35. The molecule has 0 aromatic heterocycles. The van der Waals surface area contributed by atoms with Crippen molar-refractivity contribution in [2.24, 2.45) is 0 Å². The summed E-state index contributed by atoms with van der Waals surface area (Å²) < 4.78 is 11.3. The summed E-state index contributed by atoms with van der Waals surface area (Å²) in [5, 5.41) is 3.87. The average molecular weight is 534 g/mol. The number of thioether (sulfide) groups is 1. The second-order valence-electron chi connectivity index (χ2n) is 7.89. The highest BCUT2D eigenvalue weighted by atomic mass is 32.2. The number of anilines is 1. The van der Waals surface area contributed by atoms with Crippen molar-refractivity contribution in [2.45, 2.75) is 6.92 Å². The molecule has 0 unspecified atom stereocenters. The molecule has 1 heterocycles. The van der Waals surface area contributed by atoms with E-state index < -0.39 is 11.8 Å². The molecule has 0 atom stereocenters. The van der Waals surface area contributed by atoms with Gasteiger partial charge in [-0.1, -0.05) is 54.2 Å². The highest BCUT2D eigenvalue weighted by Crippen LogP contribution is 2.34. The lowest BCUT2D eigenvalue weighted by Gasteiger charge is -2.15. The first-order valence-electron chi connectivity index (χ1n) is 11.2. The van der Waals surface area contributed by atoms with Crippen LogP contribution in [0.25, 0.3) is 6.08 Å².